The SMILES string of the molecule is CC1CC1C(=O)N(C)C1CCN(C(C)C)CC1. The van der Waals surface area contributed by atoms with Crippen LogP contribution in [-0.4, -0.2) is 47.9 Å². The highest BCUT2D eigenvalue weighted by Crippen LogP contribution is 2.39. The Morgan fingerprint density at radius 2 is 1.82 bits per heavy atom. The zero-order chi connectivity index (χ0) is 12.6. The molecule has 2 rings (SSSR count). The quantitative estimate of drug-likeness (QED) is 0.750. The first-order valence-corrected chi connectivity index (χ1v) is 7.01. The van der Waals surface area contributed by atoms with E-state index in [-0.39, 0.29) is 0 Å². The van der Waals surface area contributed by atoms with E-state index in [1.165, 1.54) is 0 Å². The van der Waals surface area contributed by atoms with Gasteiger partial charge in [-0.1, -0.05) is 6.92 Å². The van der Waals surface area contributed by atoms with Crippen LogP contribution in [0, 0.1) is 11.8 Å². The highest BCUT2D eigenvalue weighted by atomic mass is 16.2. The molecule has 0 bridgehead atoms. The van der Waals surface area contributed by atoms with Gasteiger partial charge in [-0.25, -0.2) is 0 Å². The zero-order valence-electron chi connectivity index (χ0n) is 11.6. The second-order valence-electron chi connectivity index (χ2n) is 6.13. The lowest BCUT2D eigenvalue weighted by Crippen LogP contribution is -2.47. The van der Waals surface area contributed by atoms with E-state index in [4.69, 9.17) is 0 Å². The van der Waals surface area contributed by atoms with E-state index < -0.39 is 0 Å². The van der Waals surface area contributed by atoms with Crippen molar-refractivity contribution in [3.63, 3.8) is 0 Å². The summed E-state index contributed by atoms with van der Waals surface area (Å²) in [7, 11) is 2.00. The van der Waals surface area contributed by atoms with Gasteiger partial charge in [-0.05, 0) is 39.0 Å². The van der Waals surface area contributed by atoms with Crippen LogP contribution in [0.25, 0.3) is 0 Å². The minimum Gasteiger partial charge on any atom is -0.342 e. The average Bonchev–Trinajstić information content (AvgIpc) is 3.04. The summed E-state index contributed by atoms with van der Waals surface area (Å²) in [6, 6.07) is 1.12. The molecule has 2 fully saturated rings. The zero-order valence-corrected chi connectivity index (χ0v) is 11.6. The van der Waals surface area contributed by atoms with Gasteiger partial charge < -0.3 is 9.80 Å². The van der Waals surface area contributed by atoms with E-state index in [1.54, 1.807) is 0 Å². The lowest BCUT2D eigenvalue weighted by Gasteiger charge is -2.38. The normalized spacial score (nSPS) is 30.6. The van der Waals surface area contributed by atoms with E-state index in [1.807, 2.05) is 11.9 Å². The Labute approximate surface area is 105 Å². The van der Waals surface area contributed by atoms with Crippen LogP contribution in [0.1, 0.15) is 40.0 Å². The standard InChI is InChI=1S/C14H26N2O/c1-10(2)16-7-5-12(6-8-16)15(4)14(17)13-9-11(13)3/h10-13H,5-9H2,1-4H3. The molecular formula is C14H26N2O. The Kier molecular flexibility index (Phi) is 3.76. The third kappa shape index (κ3) is 2.82. The lowest BCUT2D eigenvalue weighted by atomic mass is 10.0. The first-order valence-electron chi connectivity index (χ1n) is 7.01. The number of carbonyl (C=O) groups excluding carboxylic acids is 1. The molecule has 1 saturated heterocycles. The Balaban J connectivity index is 1.82. The molecule has 0 aromatic carbocycles. The van der Waals surface area contributed by atoms with Crippen LogP contribution in [0.2, 0.25) is 0 Å². The summed E-state index contributed by atoms with van der Waals surface area (Å²) in [5.41, 5.74) is 0. The molecule has 0 aromatic rings. The molecule has 17 heavy (non-hydrogen) atoms. The smallest absolute Gasteiger partial charge is 0.225 e. The van der Waals surface area contributed by atoms with Crippen molar-refractivity contribution in [1.82, 2.24) is 9.80 Å². The van der Waals surface area contributed by atoms with Crippen molar-refractivity contribution in [1.29, 1.82) is 0 Å². The summed E-state index contributed by atoms with van der Waals surface area (Å²) in [5.74, 6) is 1.35. The molecule has 0 aromatic heterocycles. The average molecular weight is 238 g/mol. The molecule has 2 aliphatic rings. The molecule has 3 heteroatoms. The van der Waals surface area contributed by atoms with Gasteiger partial charge in [0.2, 0.25) is 5.91 Å². The largest absolute Gasteiger partial charge is 0.342 e. The minimum atomic E-state index is 0.336. The summed E-state index contributed by atoms with van der Waals surface area (Å²) in [6.45, 7) is 8.96. The maximum absolute atomic E-state index is 12.1. The van der Waals surface area contributed by atoms with Gasteiger partial charge in [0.25, 0.3) is 0 Å². The molecule has 1 aliphatic carbocycles. The van der Waals surface area contributed by atoms with E-state index in [0.29, 0.717) is 29.8 Å². The second-order valence-corrected chi connectivity index (χ2v) is 6.13. The Bertz CT molecular complexity index is 282. The number of rotatable bonds is 3. The van der Waals surface area contributed by atoms with Crippen LogP contribution in [0.5, 0.6) is 0 Å². The fraction of sp³-hybridized carbons (Fsp3) is 0.929. The highest BCUT2D eigenvalue weighted by Gasteiger charge is 2.42. The number of piperidine rings is 1. The van der Waals surface area contributed by atoms with Gasteiger partial charge in [0.05, 0.1) is 0 Å². The second kappa shape index (κ2) is 4.97. The molecule has 1 heterocycles. The molecule has 0 radical (unpaired) electrons. The highest BCUT2D eigenvalue weighted by molar-refractivity contribution is 5.81. The fourth-order valence-corrected chi connectivity index (χ4v) is 2.90. The summed E-state index contributed by atoms with van der Waals surface area (Å²) >= 11 is 0. The summed E-state index contributed by atoms with van der Waals surface area (Å²) in [6.07, 6.45) is 3.39. The number of nitrogens with zero attached hydrogens (tertiary/aromatic N) is 2. The van der Waals surface area contributed by atoms with E-state index in [2.05, 4.69) is 25.7 Å². The number of likely N-dealkylation sites (tertiary alicyclic amines) is 1. The van der Waals surface area contributed by atoms with Crippen LogP contribution in [0.4, 0.5) is 0 Å². The minimum absolute atomic E-state index is 0.336. The van der Waals surface area contributed by atoms with Crippen LogP contribution >= 0.6 is 0 Å². The number of amides is 1. The van der Waals surface area contributed by atoms with Crippen LogP contribution in [-0.2, 0) is 4.79 Å². The van der Waals surface area contributed by atoms with Crippen molar-refractivity contribution in [2.75, 3.05) is 20.1 Å². The monoisotopic (exact) mass is 238 g/mol. The number of hydrogen-bond acceptors (Lipinski definition) is 2. The van der Waals surface area contributed by atoms with E-state index >= 15 is 0 Å². The van der Waals surface area contributed by atoms with Crippen LogP contribution in [0.15, 0.2) is 0 Å². The van der Waals surface area contributed by atoms with Crippen molar-refractivity contribution >= 4 is 5.91 Å². The van der Waals surface area contributed by atoms with Crippen molar-refractivity contribution < 1.29 is 4.79 Å². The molecule has 2 atom stereocenters. The summed E-state index contributed by atoms with van der Waals surface area (Å²) in [4.78, 5) is 16.7. The van der Waals surface area contributed by atoms with E-state index in [0.717, 1.165) is 32.4 Å². The Morgan fingerprint density at radius 3 is 2.24 bits per heavy atom. The molecular weight excluding hydrogens is 212 g/mol. The van der Waals surface area contributed by atoms with Gasteiger partial charge in [-0.15, -0.1) is 0 Å². The molecule has 2 unspecified atom stereocenters. The van der Waals surface area contributed by atoms with Crippen molar-refractivity contribution in [2.24, 2.45) is 11.8 Å². The third-order valence-corrected chi connectivity index (χ3v) is 4.55. The lowest BCUT2D eigenvalue weighted by molar-refractivity contribution is -0.134. The molecule has 0 N–H and O–H groups in total. The predicted octanol–water partition coefficient (Wildman–Crippen LogP) is 1.97. The van der Waals surface area contributed by atoms with Crippen molar-refractivity contribution in [3.8, 4) is 0 Å². The van der Waals surface area contributed by atoms with Gasteiger partial charge >= 0.3 is 0 Å². The fourth-order valence-electron chi connectivity index (χ4n) is 2.90. The van der Waals surface area contributed by atoms with Gasteiger partial charge in [-0.3, -0.25) is 4.79 Å². The molecule has 1 amide bonds. The van der Waals surface area contributed by atoms with E-state index in [9.17, 15) is 4.79 Å². The number of hydrogen-bond donors (Lipinski definition) is 0. The summed E-state index contributed by atoms with van der Waals surface area (Å²) in [5, 5.41) is 0. The topological polar surface area (TPSA) is 23.6 Å². The van der Waals surface area contributed by atoms with Gasteiger partial charge in [0, 0.05) is 38.1 Å². The maximum atomic E-state index is 12.1. The Hall–Kier alpha value is -0.570. The Morgan fingerprint density at radius 1 is 1.29 bits per heavy atom. The third-order valence-electron chi connectivity index (χ3n) is 4.55. The van der Waals surface area contributed by atoms with Crippen molar-refractivity contribution in [3.05, 3.63) is 0 Å². The van der Waals surface area contributed by atoms with Crippen LogP contribution in [0.3, 0.4) is 0 Å². The van der Waals surface area contributed by atoms with Gasteiger partial charge in [0.1, 0.15) is 0 Å². The first kappa shape index (κ1) is 12.9. The molecule has 98 valence electrons. The van der Waals surface area contributed by atoms with Crippen molar-refractivity contribution in [2.45, 2.75) is 52.1 Å². The first-order chi connectivity index (χ1) is 8.00. The molecule has 0 spiro atoms. The number of carbonyl (C=O) groups is 1. The predicted molar refractivity (Wildman–Crippen MR) is 69.8 cm³/mol. The van der Waals surface area contributed by atoms with Gasteiger partial charge in [0.15, 0.2) is 0 Å². The molecule has 1 aliphatic heterocycles. The van der Waals surface area contributed by atoms with Gasteiger partial charge in [-0.2, -0.15) is 0 Å². The van der Waals surface area contributed by atoms with Crippen LogP contribution < -0.4 is 0 Å². The maximum Gasteiger partial charge on any atom is 0.225 e. The molecule has 3 nitrogen and oxygen atoms in total. The summed E-state index contributed by atoms with van der Waals surface area (Å²) < 4.78 is 0. The molecule has 1 saturated carbocycles.